The third-order valence-electron chi connectivity index (χ3n) is 3.23. The van der Waals surface area contributed by atoms with E-state index in [0.29, 0.717) is 17.8 Å². The van der Waals surface area contributed by atoms with Crippen LogP contribution < -0.4 is 16.4 Å². The SMILES string of the molecule is CNc1cc(NCC(C(C)C)C(C)C)nc(N)n1. The lowest BCUT2D eigenvalue weighted by atomic mass is 9.85. The molecule has 1 aromatic heterocycles. The Bertz CT molecular complexity index is 368. The molecule has 4 N–H and O–H groups in total. The Kier molecular flexibility index (Phi) is 5.19. The molecule has 5 nitrogen and oxygen atoms in total. The second-order valence-corrected chi connectivity index (χ2v) is 5.28. The minimum Gasteiger partial charge on any atom is -0.373 e. The van der Waals surface area contributed by atoms with E-state index in [9.17, 15) is 0 Å². The first-order valence-electron chi connectivity index (χ1n) is 6.50. The topological polar surface area (TPSA) is 75.9 Å². The van der Waals surface area contributed by atoms with Crippen LogP contribution in [0, 0.1) is 17.8 Å². The van der Waals surface area contributed by atoms with Gasteiger partial charge in [0.25, 0.3) is 0 Å². The normalized spacial score (nSPS) is 11.3. The first kappa shape index (κ1) is 14.5. The predicted molar refractivity (Wildman–Crippen MR) is 77.6 cm³/mol. The molecule has 0 aliphatic rings. The zero-order chi connectivity index (χ0) is 13.7. The zero-order valence-corrected chi connectivity index (χ0v) is 12.0. The van der Waals surface area contributed by atoms with E-state index in [4.69, 9.17) is 5.73 Å². The highest BCUT2D eigenvalue weighted by atomic mass is 15.1. The van der Waals surface area contributed by atoms with Gasteiger partial charge in [-0.05, 0) is 17.8 Å². The molecule has 1 rings (SSSR count). The van der Waals surface area contributed by atoms with Crippen molar-refractivity contribution in [3.8, 4) is 0 Å². The summed E-state index contributed by atoms with van der Waals surface area (Å²) in [6.45, 7) is 9.90. The third kappa shape index (κ3) is 4.05. The Hall–Kier alpha value is -1.52. The molecule has 0 fully saturated rings. The van der Waals surface area contributed by atoms with Crippen LogP contribution in [-0.4, -0.2) is 23.6 Å². The molecule has 0 radical (unpaired) electrons. The third-order valence-corrected chi connectivity index (χ3v) is 3.23. The number of hydrogen-bond acceptors (Lipinski definition) is 5. The van der Waals surface area contributed by atoms with Crippen molar-refractivity contribution < 1.29 is 0 Å². The number of rotatable bonds is 6. The van der Waals surface area contributed by atoms with E-state index in [0.717, 1.165) is 18.2 Å². The van der Waals surface area contributed by atoms with Gasteiger partial charge in [-0.15, -0.1) is 0 Å². The van der Waals surface area contributed by atoms with Crippen LogP contribution >= 0.6 is 0 Å². The number of nitrogens with two attached hydrogens (primary N) is 1. The summed E-state index contributed by atoms with van der Waals surface area (Å²) >= 11 is 0. The van der Waals surface area contributed by atoms with Crippen LogP contribution in [0.5, 0.6) is 0 Å². The lowest BCUT2D eigenvalue weighted by Gasteiger charge is -2.25. The number of nitrogens with one attached hydrogen (secondary N) is 2. The average molecular weight is 251 g/mol. The van der Waals surface area contributed by atoms with Gasteiger partial charge in [0, 0.05) is 19.7 Å². The number of aromatic nitrogens is 2. The van der Waals surface area contributed by atoms with E-state index in [1.54, 1.807) is 0 Å². The summed E-state index contributed by atoms with van der Waals surface area (Å²) in [4.78, 5) is 8.25. The van der Waals surface area contributed by atoms with Crippen LogP contribution in [0.25, 0.3) is 0 Å². The molecule has 0 aliphatic carbocycles. The minimum absolute atomic E-state index is 0.287. The van der Waals surface area contributed by atoms with Gasteiger partial charge in [0.05, 0.1) is 0 Å². The van der Waals surface area contributed by atoms with E-state index in [1.165, 1.54) is 0 Å². The molecule has 0 atom stereocenters. The Balaban J connectivity index is 2.70. The van der Waals surface area contributed by atoms with E-state index in [-0.39, 0.29) is 5.95 Å². The van der Waals surface area contributed by atoms with Crippen molar-refractivity contribution in [3.63, 3.8) is 0 Å². The van der Waals surface area contributed by atoms with Crippen molar-refractivity contribution >= 4 is 17.6 Å². The monoisotopic (exact) mass is 251 g/mol. The Morgan fingerprint density at radius 2 is 1.67 bits per heavy atom. The minimum atomic E-state index is 0.287. The fourth-order valence-corrected chi connectivity index (χ4v) is 2.15. The molecule has 0 bridgehead atoms. The Labute approximate surface area is 110 Å². The first-order valence-corrected chi connectivity index (χ1v) is 6.50. The molecular formula is C13H25N5. The molecule has 0 spiro atoms. The number of nitrogens with zero attached hydrogens (tertiary/aromatic N) is 2. The van der Waals surface area contributed by atoms with Crippen molar-refractivity contribution in [2.45, 2.75) is 27.7 Å². The largest absolute Gasteiger partial charge is 0.373 e. The second kappa shape index (κ2) is 6.42. The molecule has 1 heterocycles. The van der Waals surface area contributed by atoms with E-state index in [2.05, 4.69) is 48.3 Å². The van der Waals surface area contributed by atoms with E-state index < -0.39 is 0 Å². The zero-order valence-electron chi connectivity index (χ0n) is 12.0. The molecule has 0 saturated heterocycles. The van der Waals surface area contributed by atoms with Gasteiger partial charge in [0.2, 0.25) is 5.95 Å². The highest BCUT2D eigenvalue weighted by Gasteiger charge is 2.17. The molecular weight excluding hydrogens is 226 g/mol. The van der Waals surface area contributed by atoms with Gasteiger partial charge in [-0.2, -0.15) is 9.97 Å². The molecule has 0 aliphatic heterocycles. The Morgan fingerprint density at radius 1 is 1.11 bits per heavy atom. The number of nitrogen functional groups attached to an aromatic ring is 1. The first-order chi connectivity index (χ1) is 8.43. The van der Waals surface area contributed by atoms with Gasteiger partial charge >= 0.3 is 0 Å². The van der Waals surface area contributed by atoms with Crippen molar-refractivity contribution in [2.75, 3.05) is 30.0 Å². The Morgan fingerprint density at radius 3 is 2.17 bits per heavy atom. The van der Waals surface area contributed by atoms with Crippen LogP contribution in [-0.2, 0) is 0 Å². The number of anilines is 3. The predicted octanol–water partition coefficient (Wildman–Crippen LogP) is 2.44. The standard InChI is InChI=1S/C13H25N5/c1-8(2)10(9(3)4)7-16-12-6-11(15-5)17-13(14)18-12/h6,8-10H,7H2,1-5H3,(H4,14,15,16,17,18). The van der Waals surface area contributed by atoms with Gasteiger partial charge in [-0.25, -0.2) is 0 Å². The van der Waals surface area contributed by atoms with E-state index in [1.807, 2.05) is 13.1 Å². The smallest absolute Gasteiger partial charge is 0.223 e. The summed E-state index contributed by atoms with van der Waals surface area (Å²) in [6, 6.07) is 1.87. The van der Waals surface area contributed by atoms with Crippen LogP contribution in [0.2, 0.25) is 0 Å². The van der Waals surface area contributed by atoms with Crippen LogP contribution in [0.3, 0.4) is 0 Å². The maximum absolute atomic E-state index is 5.66. The maximum atomic E-state index is 5.66. The molecule has 5 heteroatoms. The second-order valence-electron chi connectivity index (χ2n) is 5.28. The molecule has 102 valence electrons. The number of hydrogen-bond donors (Lipinski definition) is 3. The summed E-state index contributed by atoms with van der Waals surface area (Å²) in [5.41, 5.74) is 5.66. The molecule has 18 heavy (non-hydrogen) atoms. The highest BCUT2D eigenvalue weighted by molar-refractivity contribution is 5.50. The fraction of sp³-hybridized carbons (Fsp3) is 0.692. The van der Waals surface area contributed by atoms with Gasteiger partial charge < -0.3 is 16.4 Å². The van der Waals surface area contributed by atoms with Crippen molar-refractivity contribution in [3.05, 3.63) is 6.07 Å². The van der Waals surface area contributed by atoms with Crippen LogP contribution in [0.1, 0.15) is 27.7 Å². The van der Waals surface area contributed by atoms with Gasteiger partial charge in [0.15, 0.2) is 0 Å². The van der Waals surface area contributed by atoms with Gasteiger partial charge in [0.1, 0.15) is 11.6 Å². The summed E-state index contributed by atoms with van der Waals surface area (Å²) in [7, 11) is 1.82. The summed E-state index contributed by atoms with van der Waals surface area (Å²) in [6.07, 6.45) is 0. The van der Waals surface area contributed by atoms with Crippen molar-refractivity contribution in [1.82, 2.24) is 9.97 Å². The quantitative estimate of drug-likeness (QED) is 0.724. The molecule has 1 aromatic rings. The highest BCUT2D eigenvalue weighted by Crippen LogP contribution is 2.21. The fourth-order valence-electron chi connectivity index (χ4n) is 2.15. The van der Waals surface area contributed by atoms with Crippen molar-refractivity contribution in [2.24, 2.45) is 17.8 Å². The van der Waals surface area contributed by atoms with Crippen LogP contribution in [0.4, 0.5) is 17.6 Å². The van der Waals surface area contributed by atoms with Gasteiger partial charge in [-0.3, -0.25) is 0 Å². The van der Waals surface area contributed by atoms with Gasteiger partial charge in [-0.1, -0.05) is 27.7 Å². The maximum Gasteiger partial charge on any atom is 0.223 e. The average Bonchev–Trinajstić information content (AvgIpc) is 2.27. The molecule has 0 unspecified atom stereocenters. The van der Waals surface area contributed by atoms with Crippen molar-refractivity contribution in [1.29, 1.82) is 0 Å². The molecule has 0 amide bonds. The summed E-state index contributed by atoms with van der Waals surface area (Å²) in [5.74, 6) is 3.68. The van der Waals surface area contributed by atoms with Crippen LogP contribution in [0.15, 0.2) is 6.07 Å². The lowest BCUT2D eigenvalue weighted by Crippen LogP contribution is -2.25. The summed E-state index contributed by atoms with van der Waals surface area (Å²) in [5, 5.41) is 6.32. The van der Waals surface area contributed by atoms with E-state index >= 15 is 0 Å². The molecule has 0 aromatic carbocycles. The summed E-state index contributed by atoms with van der Waals surface area (Å²) < 4.78 is 0. The molecule has 0 saturated carbocycles. The lowest BCUT2D eigenvalue weighted by molar-refractivity contribution is 0.304.